The number of nitrogens with two attached hydrogens (primary N) is 1. The Morgan fingerprint density at radius 3 is 2.42 bits per heavy atom. The fraction of sp³-hybridized carbons (Fsp3) is 0.118. The van der Waals surface area contributed by atoms with Crippen molar-refractivity contribution in [2.75, 3.05) is 5.73 Å². The minimum absolute atomic E-state index is 0.414. The molecular weight excluding hydrogens is 345 g/mol. The molecule has 0 saturated carbocycles. The molecule has 0 atom stereocenters. The number of halogens is 2. The Balaban J connectivity index is 2.00. The monoisotopic (exact) mass is 359 g/mol. The van der Waals surface area contributed by atoms with Gasteiger partial charge in [0.25, 0.3) is 0 Å². The number of azo groups is 1. The molecule has 0 saturated heterocycles. The first kappa shape index (κ1) is 16.5. The highest BCUT2D eigenvalue weighted by Gasteiger charge is 2.13. The van der Waals surface area contributed by atoms with E-state index < -0.39 is 0 Å². The van der Waals surface area contributed by atoms with Gasteiger partial charge in [0.15, 0.2) is 11.5 Å². The van der Waals surface area contributed by atoms with Gasteiger partial charge in [-0.05, 0) is 43.7 Å². The third-order valence-electron chi connectivity index (χ3n) is 3.55. The molecule has 0 aliphatic heterocycles. The van der Waals surface area contributed by atoms with Gasteiger partial charge < -0.3 is 5.73 Å². The zero-order valence-electron chi connectivity index (χ0n) is 13.2. The third kappa shape index (κ3) is 3.13. The number of anilines is 1. The summed E-state index contributed by atoms with van der Waals surface area (Å²) in [6.45, 7) is 3.70. The molecule has 0 amide bonds. The van der Waals surface area contributed by atoms with Gasteiger partial charge in [-0.2, -0.15) is 5.10 Å². The van der Waals surface area contributed by atoms with Crippen LogP contribution in [0.1, 0.15) is 11.3 Å². The SMILES string of the molecule is Cc1cc(Cl)c(/N=N/c2c(C)nn(-c3ccccc3)c2N)cc1Cl. The van der Waals surface area contributed by atoms with E-state index in [0.717, 1.165) is 11.3 Å². The summed E-state index contributed by atoms with van der Waals surface area (Å²) in [6.07, 6.45) is 0. The molecule has 0 fully saturated rings. The summed E-state index contributed by atoms with van der Waals surface area (Å²) in [6, 6.07) is 13.0. The van der Waals surface area contributed by atoms with Crippen molar-refractivity contribution in [2.24, 2.45) is 10.2 Å². The van der Waals surface area contributed by atoms with Crippen LogP contribution in [0.3, 0.4) is 0 Å². The van der Waals surface area contributed by atoms with Crippen molar-refractivity contribution >= 4 is 40.4 Å². The van der Waals surface area contributed by atoms with E-state index in [9.17, 15) is 0 Å². The Labute approximate surface area is 149 Å². The van der Waals surface area contributed by atoms with Crippen molar-refractivity contribution < 1.29 is 0 Å². The van der Waals surface area contributed by atoms with Gasteiger partial charge in [-0.3, -0.25) is 0 Å². The van der Waals surface area contributed by atoms with Gasteiger partial charge in [0, 0.05) is 5.02 Å². The lowest BCUT2D eigenvalue weighted by molar-refractivity contribution is 0.872. The largest absolute Gasteiger partial charge is 0.382 e. The van der Waals surface area contributed by atoms with Crippen molar-refractivity contribution in [3.05, 3.63) is 63.8 Å². The molecule has 122 valence electrons. The number of aromatic nitrogens is 2. The van der Waals surface area contributed by atoms with Crippen LogP contribution < -0.4 is 5.73 Å². The highest BCUT2D eigenvalue weighted by Crippen LogP contribution is 2.34. The number of hydrogen-bond acceptors (Lipinski definition) is 4. The summed E-state index contributed by atoms with van der Waals surface area (Å²) >= 11 is 12.3. The highest BCUT2D eigenvalue weighted by atomic mass is 35.5. The van der Waals surface area contributed by atoms with Crippen LogP contribution in [0.4, 0.5) is 17.2 Å². The average Bonchev–Trinajstić information content (AvgIpc) is 2.85. The molecule has 3 aromatic rings. The standard InChI is InChI=1S/C17H15Cl2N5/c1-10-8-14(19)15(9-13(10)18)21-22-16-11(2)23-24(17(16)20)12-6-4-3-5-7-12/h3-9H,20H2,1-2H3/b22-21+. The Morgan fingerprint density at radius 1 is 1.00 bits per heavy atom. The molecule has 0 bridgehead atoms. The van der Waals surface area contributed by atoms with E-state index >= 15 is 0 Å². The summed E-state index contributed by atoms with van der Waals surface area (Å²) in [5, 5.41) is 13.9. The van der Waals surface area contributed by atoms with Gasteiger partial charge in [-0.1, -0.05) is 41.4 Å². The smallest absolute Gasteiger partial charge is 0.155 e. The van der Waals surface area contributed by atoms with Crippen molar-refractivity contribution in [1.82, 2.24) is 9.78 Å². The fourth-order valence-corrected chi connectivity index (χ4v) is 2.66. The predicted molar refractivity (Wildman–Crippen MR) is 98.1 cm³/mol. The van der Waals surface area contributed by atoms with Gasteiger partial charge in [-0.15, -0.1) is 10.2 Å². The topological polar surface area (TPSA) is 68.6 Å². The van der Waals surface area contributed by atoms with E-state index in [-0.39, 0.29) is 0 Å². The van der Waals surface area contributed by atoms with E-state index in [4.69, 9.17) is 28.9 Å². The lowest BCUT2D eigenvalue weighted by Crippen LogP contribution is -2.01. The van der Waals surface area contributed by atoms with Crippen molar-refractivity contribution in [3.63, 3.8) is 0 Å². The number of benzene rings is 2. The Kier molecular flexibility index (Phi) is 4.55. The zero-order chi connectivity index (χ0) is 17.3. The van der Waals surface area contributed by atoms with Crippen LogP contribution in [0.15, 0.2) is 52.7 Å². The van der Waals surface area contributed by atoms with Crippen LogP contribution >= 0.6 is 23.2 Å². The Morgan fingerprint density at radius 2 is 1.71 bits per heavy atom. The second kappa shape index (κ2) is 6.63. The van der Waals surface area contributed by atoms with E-state index in [1.807, 2.05) is 44.2 Å². The predicted octanol–water partition coefficient (Wildman–Crippen LogP) is 5.79. The maximum absolute atomic E-state index is 6.18. The van der Waals surface area contributed by atoms with E-state index in [2.05, 4.69) is 15.3 Å². The third-order valence-corrected chi connectivity index (χ3v) is 4.26. The summed E-state index contributed by atoms with van der Waals surface area (Å²) in [4.78, 5) is 0. The highest BCUT2D eigenvalue weighted by molar-refractivity contribution is 6.35. The van der Waals surface area contributed by atoms with E-state index in [1.165, 1.54) is 0 Å². The van der Waals surface area contributed by atoms with Crippen LogP contribution in [0.2, 0.25) is 10.0 Å². The van der Waals surface area contributed by atoms with Gasteiger partial charge >= 0.3 is 0 Å². The molecule has 3 rings (SSSR count). The van der Waals surface area contributed by atoms with Crippen LogP contribution in [0.25, 0.3) is 5.69 Å². The number of para-hydroxylation sites is 1. The maximum Gasteiger partial charge on any atom is 0.155 e. The van der Waals surface area contributed by atoms with Crippen LogP contribution in [0.5, 0.6) is 0 Å². The molecule has 24 heavy (non-hydrogen) atoms. The molecule has 2 aromatic carbocycles. The molecular formula is C17H15Cl2N5. The van der Waals surface area contributed by atoms with Gasteiger partial charge in [0.2, 0.25) is 0 Å². The number of rotatable bonds is 3. The normalized spacial score (nSPS) is 11.3. The first-order chi connectivity index (χ1) is 11.5. The molecule has 0 radical (unpaired) electrons. The second-order valence-electron chi connectivity index (χ2n) is 5.32. The number of nitrogen functional groups attached to an aromatic ring is 1. The van der Waals surface area contributed by atoms with Crippen molar-refractivity contribution in [1.29, 1.82) is 0 Å². The van der Waals surface area contributed by atoms with Gasteiger partial charge in [0.05, 0.1) is 16.4 Å². The first-order valence-corrected chi connectivity index (χ1v) is 8.01. The lowest BCUT2D eigenvalue weighted by atomic mass is 10.2. The zero-order valence-corrected chi connectivity index (χ0v) is 14.7. The molecule has 0 unspecified atom stereocenters. The molecule has 7 heteroatoms. The summed E-state index contributed by atoms with van der Waals surface area (Å²) < 4.78 is 1.63. The molecule has 0 aliphatic rings. The molecule has 1 aromatic heterocycles. The molecule has 0 spiro atoms. The van der Waals surface area contributed by atoms with Gasteiger partial charge in [-0.25, -0.2) is 4.68 Å². The van der Waals surface area contributed by atoms with Crippen molar-refractivity contribution in [3.8, 4) is 5.69 Å². The van der Waals surface area contributed by atoms with E-state index in [0.29, 0.717) is 32.9 Å². The quantitative estimate of drug-likeness (QED) is 0.600. The molecule has 2 N–H and O–H groups in total. The number of nitrogens with zero attached hydrogens (tertiary/aromatic N) is 4. The fourth-order valence-electron chi connectivity index (χ4n) is 2.24. The molecule has 0 aliphatic carbocycles. The summed E-state index contributed by atoms with van der Waals surface area (Å²) in [5.74, 6) is 0.414. The lowest BCUT2D eigenvalue weighted by Gasteiger charge is -2.03. The maximum atomic E-state index is 6.18. The van der Waals surface area contributed by atoms with Crippen LogP contribution in [-0.4, -0.2) is 9.78 Å². The molecule has 5 nitrogen and oxygen atoms in total. The van der Waals surface area contributed by atoms with E-state index in [1.54, 1.807) is 16.8 Å². The minimum atomic E-state index is 0.414. The number of aryl methyl sites for hydroxylation is 2. The Hall–Kier alpha value is -2.37. The van der Waals surface area contributed by atoms with Crippen LogP contribution in [0, 0.1) is 13.8 Å². The second-order valence-corrected chi connectivity index (χ2v) is 6.13. The molecule has 1 heterocycles. The van der Waals surface area contributed by atoms with Crippen LogP contribution in [-0.2, 0) is 0 Å². The summed E-state index contributed by atoms with van der Waals surface area (Å²) in [5.41, 5.74) is 9.59. The summed E-state index contributed by atoms with van der Waals surface area (Å²) in [7, 11) is 0. The van der Waals surface area contributed by atoms with Crippen molar-refractivity contribution in [2.45, 2.75) is 13.8 Å². The minimum Gasteiger partial charge on any atom is -0.382 e. The first-order valence-electron chi connectivity index (χ1n) is 7.25. The average molecular weight is 360 g/mol. The van der Waals surface area contributed by atoms with Gasteiger partial charge in [0.1, 0.15) is 5.69 Å². The Bertz CT molecular complexity index is 916. The number of hydrogen-bond donors (Lipinski definition) is 1.